The minimum atomic E-state index is -0.808. The fourth-order valence-corrected chi connectivity index (χ4v) is 4.67. The van der Waals surface area contributed by atoms with Crippen LogP contribution in [0.4, 0.5) is 0 Å². The molecule has 1 unspecified atom stereocenters. The topological polar surface area (TPSA) is 110 Å². The molecule has 0 amide bonds. The molecule has 0 aliphatic carbocycles. The molecule has 1 saturated heterocycles. The largest absolute Gasteiger partial charge is 0.383 e. The number of nitrogens with one attached hydrogen (secondary N) is 1. The number of pyridine rings is 1. The maximum atomic E-state index is 13.1. The highest BCUT2D eigenvalue weighted by molar-refractivity contribution is 5.67. The van der Waals surface area contributed by atoms with Crippen LogP contribution in [0.2, 0.25) is 0 Å². The van der Waals surface area contributed by atoms with Crippen LogP contribution < -0.4 is 5.56 Å². The van der Waals surface area contributed by atoms with Gasteiger partial charge in [-0.2, -0.15) is 5.26 Å². The molecule has 1 fully saturated rings. The molecule has 9 heteroatoms. The van der Waals surface area contributed by atoms with Crippen molar-refractivity contribution in [1.82, 2.24) is 24.6 Å². The number of piperidine rings is 1. The first-order valence-electron chi connectivity index (χ1n) is 11.8. The van der Waals surface area contributed by atoms with Crippen LogP contribution in [0, 0.1) is 18.3 Å². The molecular formula is C26H32N6O3. The molecule has 35 heavy (non-hydrogen) atoms. The van der Waals surface area contributed by atoms with Crippen molar-refractivity contribution in [3.8, 4) is 23.0 Å². The molecule has 2 aromatic heterocycles. The summed E-state index contributed by atoms with van der Waals surface area (Å²) in [5.74, 6) is 0.436. The molecule has 4 rings (SSSR count). The quantitative estimate of drug-likeness (QED) is 0.481. The van der Waals surface area contributed by atoms with Crippen LogP contribution in [0.5, 0.6) is 0 Å². The number of aromatic amines is 1. The highest BCUT2D eigenvalue weighted by Crippen LogP contribution is 2.26. The summed E-state index contributed by atoms with van der Waals surface area (Å²) in [6, 6.07) is 11.2. The minimum Gasteiger partial charge on any atom is -0.383 e. The van der Waals surface area contributed by atoms with Crippen molar-refractivity contribution in [2.24, 2.45) is 0 Å². The number of ether oxygens (including phenoxy) is 1. The Kier molecular flexibility index (Phi) is 7.78. The number of hydrogen-bond donors (Lipinski definition) is 2. The molecule has 184 valence electrons. The Balaban J connectivity index is 1.55. The van der Waals surface area contributed by atoms with Crippen LogP contribution in [0.25, 0.3) is 16.9 Å². The van der Waals surface area contributed by atoms with E-state index in [4.69, 9.17) is 10.00 Å². The third-order valence-electron chi connectivity index (χ3n) is 6.74. The molecule has 1 aromatic carbocycles. The smallest absolute Gasteiger partial charge is 0.280 e. The van der Waals surface area contributed by atoms with E-state index in [-0.39, 0.29) is 11.6 Å². The zero-order chi connectivity index (χ0) is 24.9. The second-order valence-corrected chi connectivity index (χ2v) is 9.06. The maximum absolute atomic E-state index is 13.1. The third-order valence-corrected chi connectivity index (χ3v) is 6.74. The predicted molar refractivity (Wildman–Crippen MR) is 133 cm³/mol. The van der Waals surface area contributed by atoms with Gasteiger partial charge in [0.1, 0.15) is 6.23 Å². The predicted octanol–water partition coefficient (Wildman–Crippen LogP) is 2.44. The molecule has 3 heterocycles. The fourth-order valence-electron chi connectivity index (χ4n) is 4.67. The lowest BCUT2D eigenvalue weighted by Crippen LogP contribution is -2.46. The fraction of sp³-hybridized carbons (Fsp3) is 0.423. The SMILES string of the molecule is COCCN(C1CCN(C)CC1)C(O)c1ccc(-n2[nH]cc(-c3ccc(C#N)cc3C)c2=O)nc1. The monoisotopic (exact) mass is 476 g/mol. The van der Waals surface area contributed by atoms with Gasteiger partial charge in [-0.1, -0.05) is 6.07 Å². The summed E-state index contributed by atoms with van der Waals surface area (Å²) in [6.07, 6.45) is 4.43. The van der Waals surface area contributed by atoms with Gasteiger partial charge in [-0.25, -0.2) is 9.67 Å². The lowest BCUT2D eigenvalue weighted by atomic mass is 10.0. The third kappa shape index (κ3) is 5.36. The molecular weight excluding hydrogens is 444 g/mol. The van der Waals surface area contributed by atoms with E-state index in [2.05, 4.69) is 33.0 Å². The number of aliphatic hydroxyl groups excluding tert-OH is 1. The highest BCUT2D eigenvalue weighted by atomic mass is 16.5. The Hall–Kier alpha value is -3.29. The molecule has 1 aliphatic heterocycles. The summed E-state index contributed by atoms with van der Waals surface area (Å²) in [5, 5.41) is 23.3. The zero-order valence-electron chi connectivity index (χ0n) is 20.4. The molecule has 1 atom stereocenters. The van der Waals surface area contributed by atoms with Gasteiger partial charge in [-0.15, -0.1) is 0 Å². The summed E-state index contributed by atoms with van der Waals surface area (Å²) in [6.45, 7) is 5.02. The second kappa shape index (κ2) is 11.0. The van der Waals surface area contributed by atoms with E-state index in [0.29, 0.717) is 35.7 Å². The number of nitriles is 1. The Morgan fingerprint density at radius 1 is 1.29 bits per heavy atom. The second-order valence-electron chi connectivity index (χ2n) is 9.06. The number of rotatable bonds is 8. The number of aromatic nitrogens is 3. The van der Waals surface area contributed by atoms with Gasteiger partial charge < -0.3 is 14.7 Å². The molecule has 9 nitrogen and oxygen atoms in total. The van der Waals surface area contributed by atoms with Crippen LogP contribution in [0.1, 0.15) is 35.8 Å². The molecule has 0 radical (unpaired) electrons. The summed E-state index contributed by atoms with van der Waals surface area (Å²) < 4.78 is 6.66. The van der Waals surface area contributed by atoms with Gasteiger partial charge in [-0.05, 0) is 75.3 Å². The number of likely N-dealkylation sites (tertiary alicyclic amines) is 1. The van der Waals surface area contributed by atoms with Crippen molar-refractivity contribution in [2.75, 3.05) is 40.4 Å². The Morgan fingerprint density at radius 3 is 2.69 bits per heavy atom. The summed E-state index contributed by atoms with van der Waals surface area (Å²) in [4.78, 5) is 22.0. The lowest BCUT2D eigenvalue weighted by Gasteiger charge is -2.39. The van der Waals surface area contributed by atoms with Crippen LogP contribution in [0.3, 0.4) is 0 Å². The van der Waals surface area contributed by atoms with Crippen LogP contribution in [-0.4, -0.2) is 76.1 Å². The van der Waals surface area contributed by atoms with Crippen molar-refractivity contribution in [1.29, 1.82) is 5.26 Å². The molecule has 0 spiro atoms. The summed E-state index contributed by atoms with van der Waals surface area (Å²) >= 11 is 0. The first-order valence-corrected chi connectivity index (χ1v) is 11.8. The van der Waals surface area contributed by atoms with Crippen molar-refractivity contribution < 1.29 is 9.84 Å². The normalized spacial score (nSPS) is 15.9. The number of methoxy groups -OCH3 is 1. The van der Waals surface area contributed by atoms with Crippen molar-refractivity contribution >= 4 is 0 Å². The maximum Gasteiger partial charge on any atom is 0.280 e. The molecule has 3 aromatic rings. The van der Waals surface area contributed by atoms with Gasteiger partial charge in [0.15, 0.2) is 5.82 Å². The van der Waals surface area contributed by atoms with Gasteiger partial charge in [0.2, 0.25) is 0 Å². The van der Waals surface area contributed by atoms with E-state index in [1.165, 1.54) is 4.68 Å². The van der Waals surface area contributed by atoms with Gasteiger partial charge in [0, 0.05) is 37.7 Å². The first kappa shape index (κ1) is 24.8. The van der Waals surface area contributed by atoms with Crippen molar-refractivity contribution in [2.45, 2.75) is 32.0 Å². The van der Waals surface area contributed by atoms with Crippen molar-refractivity contribution in [3.05, 3.63) is 69.8 Å². The summed E-state index contributed by atoms with van der Waals surface area (Å²) in [5.41, 5.74) is 3.12. The van der Waals surface area contributed by atoms with Gasteiger partial charge in [-0.3, -0.25) is 14.8 Å². The van der Waals surface area contributed by atoms with E-state index >= 15 is 0 Å². The highest BCUT2D eigenvalue weighted by Gasteiger charge is 2.28. The zero-order valence-corrected chi connectivity index (χ0v) is 20.4. The van der Waals surface area contributed by atoms with Gasteiger partial charge >= 0.3 is 0 Å². The molecule has 2 N–H and O–H groups in total. The number of benzene rings is 1. The lowest BCUT2D eigenvalue weighted by molar-refractivity contribution is -0.0526. The van der Waals surface area contributed by atoms with E-state index in [1.807, 2.05) is 13.0 Å². The Morgan fingerprint density at radius 2 is 2.06 bits per heavy atom. The van der Waals surface area contributed by atoms with E-state index in [1.54, 1.807) is 43.8 Å². The molecule has 0 saturated carbocycles. The number of hydrogen-bond acceptors (Lipinski definition) is 7. The average Bonchev–Trinajstić information content (AvgIpc) is 3.26. The number of nitrogens with zero attached hydrogens (tertiary/aromatic N) is 5. The van der Waals surface area contributed by atoms with Crippen molar-refractivity contribution in [3.63, 3.8) is 0 Å². The molecule has 1 aliphatic rings. The van der Waals surface area contributed by atoms with Crippen LogP contribution >= 0.6 is 0 Å². The van der Waals surface area contributed by atoms with E-state index in [0.717, 1.165) is 37.1 Å². The number of H-pyrrole nitrogens is 1. The summed E-state index contributed by atoms with van der Waals surface area (Å²) in [7, 11) is 3.78. The van der Waals surface area contributed by atoms with Crippen LogP contribution in [-0.2, 0) is 4.74 Å². The first-order chi connectivity index (χ1) is 16.9. The number of aliphatic hydroxyl groups is 1. The van der Waals surface area contributed by atoms with E-state index < -0.39 is 6.23 Å². The Labute approximate surface area is 205 Å². The minimum absolute atomic E-state index is 0.230. The standard InChI is InChI=1S/C26H32N6O3/c1-18-14-19(15-27)4-6-22(18)23-17-29-32(26(23)34)24-7-5-20(16-28-24)25(33)31(12-13-35-3)21-8-10-30(2)11-9-21/h4-7,14,16-17,21,25,29,33H,8-13H2,1-3H3. The number of aryl methyl sites for hydroxylation is 1. The van der Waals surface area contributed by atoms with Gasteiger partial charge in [0.05, 0.1) is 23.8 Å². The molecule has 0 bridgehead atoms. The average molecular weight is 477 g/mol. The van der Waals surface area contributed by atoms with Crippen LogP contribution in [0.15, 0.2) is 47.5 Å². The van der Waals surface area contributed by atoms with E-state index in [9.17, 15) is 9.90 Å². The van der Waals surface area contributed by atoms with Gasteiger partial charge in [0.25, 0.3) is 5.56 Å². The Bertz CT molecular complexity index is 1240.